The molecule has 0 saturated carbocycles. The van der Waals surface area contributed by atoms with E-state index in [1.807, 2.05) is 60.2 Å². The lowest BCUT2D eigenvalue weighted by molar-refractivity contribution is 0.415. The molecule has 0 aliphatic rings. The number of rotatable bonds is 4. The topological polar surface area (TPSA) is 39.1 Å². The standard InChI is InChI=1S/C17H17N3O/c1-13-12-20(15-8-4-3-5-9-15)17(18-13)19-14-7-6-10-16(11-14)21-2/h3-12H,1-2H3,(H,18,19). The van der Waals surface area contributed by atoms with Crippen LogP contribution in [0.4, 0.5) is 11.6 Å². The maximum atomic E-state index is 5.25. The zero-order valence-electron chi connectivity index (χ0n) is 12.1. The van der Waals surface area contributed by atoms with Gasteiger partial charge in [0.25, 0.3) is 0 Å². The van der Waals surface area contributed by atoms with Gasteiger partial charge in [0.05, 0.1) is 12.8 Å². The minimum atomic E-state index is 0.784. The molecule has 0 unspecified atom stereocenters. The Morgan fingerprint density at radius 3 is 2.62 bits per heavy atom. The van der Waals surface area contributed by atoms with Crippen molar-refractivity contribution in [2.75, 3.05) is 12.4 Å². The fourth-order valence-corrected chi connectivity index (χ4v) is 2.20. The van der Waals surface area contributed by atoms with Gasteiger partial charge in [-0.25, -0.2) is 4.98 Å². The molecule has 0 fully saturated rings. The lowest BCUT2D eigenvalue weighted by atomic mass is 10.3. The van der Waals surface area contributed by atoms with Gasteiger partial charge in [0.2, 0.25) is 5.95 Å². The Labute approximate surface area is 124 Å². The molecular weight excluding hydrogens is 262 g/mol. The van der Waals surface area contributed by atoms with Gasteiger partial charge in [-0.3, -0.25) is 4.57 Å². The summed E-state index contributed by atoms with van der Waals surface area (Å²) >= 11 is 0. The van der Waals surface area contributed by atoms with Crippen LogP contribution in [0, 0.1) is 6.92 Å². The van der Waals surface area contributed by atoms with Gasteiger partial charge in [-0.05, 0) is 31.2 Å². The van der Waals surface area contributed by atoms with Gasteiger partial charge in [0.15, 0.2) is 0 Å². The van der Waals surface area contributed by atoms with Crippen LogP contribution in [0.5, 0.6) is 5.75 Å². The van der Waals surface area contributed by atoms with Gasteiger partial charge >= 0.3 is 0 Å². The van der Waals surface area contributed by atoms with E-state index >= 15 is 0 Å². The van der Waals surface area contributed by atoms with Crippen LogP contribution in [-0.4, -0.2) is 16.7 Å². The Bertz CT molecular complexity index is 735. The molecule has 0 atom stereocenters. The number of hydrogen-bond donors (Lipinski definition) is 1. The van der Waals surface area contributed by atoms with E-state index in [1.165, 1.54) is 0 Å². The summed E-state index contributed by atoms with van der Waals surface area (Å²) in [5.41, 5.74) is 2.98. The third-order valence-corrected chi connectivity index (χ3v) is 3.19. The zero-order chi connectivity index (χ0) is 14.7. The molecule has 4 heteroatoms. The first-order valence-electron chi connectivity index (χ1n) is 6.79. The highest BCUT2D eigenvalue weighted by molar-refractivity contribution is 5.58. The molecule has 1 aromatic heterocycles. The first kappa shape index (κ1) is 13.2. The summed E-state index contributed by atoms with van der Waals surface area (Å²) in [7, 11) is 1.66. The number of nitrogens with one attached hydrogen (secondary N) is 1. The first-order chi connectivity index (χ1) is 10.3. The molecule has 1 N–H and O–H groups in total. The second-order valence-electron chi connectivity index (χ2n) is 4.77. The van der Waals surface area contributed by atoms with Crippen LogP contribution in [0.25, 0.3) is 5.69 Å². The summed E-state index contributed by atoms with van der Waals surface area (Å²) in [5, 5.41) is 3.34. The fraction of sp³-hybridized carbons (Fsp3) is 0.118. The van der Waals surface area contributed by atoms with Crippen molar-refractivity contribution in [3.63, 3.8) is 0 Å². The first-order valence-corrected chi connectivity index (χ1v) is 6.79. The Morgan fingerprint density at radius 2 is 1.86 bits per heavy atom. The maximum Gasteiger partial charge on any atom is 0.212 e. The summed E-state index contributed by atoms with van der Waals surface area (Å²) in [6.07, 6.45) is 2.01. The molecule has 0 saturated heterocycles. The maximum absolute atomic E-state index is 5.25. The molecule has 0 radical (unpaired) electrons. The van der Waals surface area contributed by atoms with Gasteiger partial charge in [0, 0.05) is 23.6 Å². The van der Waals surface area contributed by atoms with E-state index in [0.717, 1.165) is 28.8 Å². The molecule has 0 aliphatic heterocycles. The molecule has 2 aromatic carbocycles. The van der Waals surface area contributed by atoms with E-state index in [4.69, 9.17) is 4.74 Å². The van der Waals surface area contributed by atoms with Crippen LogP contribution in [0.1, 0.15) is 5.69 Å². The van der Waals surface area contributed by atoms with E-state index in [-0.39, 0.29) is 0 Å². The monoisotopic (exact) mass is 279 g/mol. The van der Waals surface area contributed by atoms with Crippen LogP contribution in [-0.2, 0) is 0 Å². The second kappa shape index (κ2) is 5.71. The van der Waals surface area contributed by atoms with Gasteiger partial charge in [0.1, 0.15) is 5.75 Å². The number of para-hydroxylation sites is 1. The van der Waals surface area contributed by atoms with E-state index in [0.29, 0.717) is 0 Å². The molecule has 21 heavy (non-hydrogen) atoms. The normalized spacial score (nSPS) is 10.4. The van der Waals surface area contributed by atoms with Crippen molar-refractivity contribution in [2.24, 2.45) is 0 Å². The van der Waals surface area contributed by atoms with E-state index in [2.05, 4.69) is 22.4 Å². The van der Waals surface area contributed by atoms with Crippen LogP contribution in [0.2, 0.25) is 0 Å². The van der Waals surface area contributed by atoms with Crippen LogP contribution < -0.4 is 10.1 Å². The molecule has 3 rings (SSSR count). The quantitative estimate of drug-likeness (QED) is 0.786. The molecular formula is C17H17N3O. The summed E-state index contributed by atoms with van der Waals surface area (Å²) in [6, 6.07) is 17.9. The van der Waals surface area contributed by atoms with E-state index in [1.54, 1.807) is 7.11 Å². The van der Waals surface area contributed by atoms with Gasteiger partial charge in [-0.2, -0.15) is 0 Å². The number of aromatic nitrogens is 2. The Kier molecular flexibility index (Phi) is 3.60. The Hall–Kier alpha value is -2.75. The lowest BCUT2D eigenvalue weighted by Crippen LogP contribution is -2.01. The molecule has 0 aliphatic carbocycles. The summed E-state index contributed by atoms with van der Waals surface area (Å²) < 4.78 is 7.28. The van der Waals surface area contributed by atoms with Crippen molar-refractivity contribution < 1.29 is 4.74 Å². The minimum Gasteiger partial charge on any atom is -0.497 e. The van der Waals surface area contributed by atoms with Crippen LogP contribution in [0.15, 0.2) is 60.8 Å². The third-order valence-electron chi connectivity index (χ3n) is 3.19. The van der Waals surface area contributed by atoms with Crippen molar-refractivity contribution >= 4 is 11.6 Å². The van der Waals surface area contributed by atoms with Gasteiger partial charge < -0.3 is 10.1 Å². The van der Waals surface area contributed by atoms with Crippen molar-refractivity contribution in [3.05, 3.63) is 66.5 Å². The summed E-state index contributed by atoms with van der Waals surface area (Å²) in [6.45, 7) is 1.98. The minimum absolute atomic E-state index is 0.784. The lowest BCUT2D eigenvalue weighted by Gasteiger charge is -2.10. The molecule has 106 valence electrons. The number of ether oxygens (including phenoxy) is 1. The molecule has 0 bridgehead atoms. The zero-order valence-corrected chi connectivity index (χ0v) is 12.1. The van der Waals surface area contributed by atoms with Gasteiger partial charge in [-0.15, -0.1) is 0 Å². The molecule has 0 amide bonds. The highest BCUT2D eigenvalue weighted by Crippen LogP contribution is 2.23. The molecule has 1 heterocycles. The SMILES string of the molecule is COc1cccc(Nc2nc(C)cn2-c2ccccc2)c1. The molecule has 0 spiro atoms. The van der Waals surface area contributed by atoms with Gasteiger partial charge in [-0.1, -0.05) is 24.3 Å². The smallest absolute Gasteiger partial charge is 0.212 e. The highest BCUT2D eigenvalue weighted by Gasteiger charge is 2.08. The number of anilines is 2. The molecule has 4 nitrogen and oxygen atoms in total. The average Bonchev–Trinajstić information content (AvgIpc) is 2.89. The van der Waals surface area contributed by atoms with E-state index in [9.17, 15) is 0 Å². The highest BCUT2D eigenvalue weighted by atomic mass is 16.5. The number of nitrogens with zero attached hydrogens (tertiary/aromatic N) is 2. The number of benzene rings is 2. The van der Waals surface area contributed by atoms with Crippen molar-refractivity contribution in [1.29, 1.82) is 0 Å². The largest absolute Gasteiger partial charge is 0.497 e. The van der Waals surface area contributed by atoms with Crippen LogP contribution in [0.3, 0.4) is 0 Å². The predicted octanol–water partition coefficient (Wildman–Crippen LogP) is 3.93. The average molecular weight is 279 g/mol. The number of aryl methyl sites for hydroxylation is 1. The predicted molar refractivity (Wildman–Crippen MR) is 84.6 cm³/mol. The Balaban J connectivity index is 1.96. The fourth-order valence-electron chi connectivity index (χ4n) is 2.20. The van der Waals surface area contributed by atoms with Crippen LogP contribution >= 0.6 is 0 Å². The van der Waals surface area contributed by atoms with E-state index < -0.39 is 0 Å². The number of hydrogen-bond acceptors (Lipinski definition) is 3. The third kappa shape index (κ3) is 2.89. The second-order valence-corrected chi connectivity index (χ2v) is 4.77. The Morgan fingerprint density at radius 1 is 1.05 bits per heavy atom. The number of imidazole rings is 1. The molecule has 3 aromatic rings. The number of methoxy groups -OCH3 is 1. The summed E-state index contributed by atoms with van der Waals surface area (Å²) in [5.74, 6) is 1.60. The summed E-state index contributed by atoms with van der Waals surface area (Å²) in [4.78, 5) is 4.55. The van der Waals surface area contributed by atoms with Crippen molar-refractivity contribution in [3.8, 4) is 11.4 Å². The van der Waals surface area contributed by atoms with Crippen molar-refractivity contribution in [2.45, 2.75) is 6.92 Å². The van der Waals surface area contributed by atoms with Crippen molar-refractivity contribution in [1.82, 2.24) is 9.55 Å².